The molecule has 0 saturated carbocycles. The molecule has 0 radical (unpaired) electrons. The summed E-state index contributed by atoms with van der Waals surface area (Å²) in [5.41, 5.74) is 0. The highest BCUT2D eigenvalue weighted by Gasteiger charge is 2.26. The number of aliphatic carboxylic acids is 1. The molecule has 0 aliphatic carbocycles. The molecule has 1 rings (SSSR count). The molecule has 0 spiro atoms. The van der Waals surface area contributed by atoms with Crippen molar-refractivity contribution in [3.8, 4) is 0 Å². The number of aliphatic hydroxyl groups is 1. The fourth-order valence-electron chi connectivity index (χ4n) is 2.14. The Labute approximate surface area is 128 Å². The summed E-state index contributed by atoms with van der Waals surface area (Å²) in [5.74, 6) is -1.00. The molecule has 1 heterocycles. The predicted molar refractivity (Wildman–Crippen MR) is 79.0 cm³/mol. The zero-order chi connectivity index (χ0) is 15.7. The highest BCUT2D eigenvalue weighted by atomic mass is 32.2. The van der Waals surface area contributed by atoms with E-state index in [0.717, 1.165) is 11.8 Å². The van der Waals surface area contributed by atoms with Crippen LogP contribution < -0.4 is 5.32 Å². The molecule has 0 aromatic rings. The van der Waals surface area contributed by atoms with E-state index in [1.54, 1.807) is 4.90 Å². The van der Waals surface area contributed by atoms with Gasteiger partial charge in [-0.1, -0.05) is 0 Å². The summed E-state index contributed by atoms with van der Waals surface area (Å²) in [4.78, 5) is 35.7. The molecular weight excluding hydrogens is 296 g/mol. The molecule has 21 heavy (non-hydrogen) atoms. The number of carboxylic acids is 1. The lowest BCUT2D eigenvalue weighted by molar-refractivity contribution is -0.134. The number of hydrogen-bond donors (Lipinski definition) is 3. The molecule has 0 aromatic heterocycles. The third-order valence-corrected chi connectivity index (χ3v) is 4.21. The Morgan fingerprint density at radius 2 is 1.86 bits per heavy atom. The van der Waals surface area contributed by atoms with Gasteiger partial charge >= 0.3 is 5.97 Å². The van der Waals surface area contributed by atoms with Crippen LogP contribution in [0.25, 0.3) is 0 Å². The second kappa shape index (κ2) is 9.62. The maximum Gasteiger partial charge on any atom is 0.313 e. The summed E-state index contributed by atoms with van der Waals surface area (Å²) >= 11 is 1.09. The molecule has 120 valence electrons. The summed E-state index contributed by atoms with van der Waals surface area (Å²) in [7, 11) is 0. The summed E-state index contributed by atoms with van der Waals surface area (Å²) < 4.78 is 0. The number of carbonyl (C=O) groups excluding carboxylic acids is 2. The number of thioether (sulfide) groups is 1. The molecule has 2 amide bonds. The lowest BCUT2D eigenvalue weighted by Crippen LogP contribution is -2.43. The Bertz CT molecular complexity index is 370. The van der Waals surface area contributed by atoms with Crippen LogP contribution in [0.3, 0.4) is 0 Å². The van der Waals surface area contributed by atoms with Crippen LogP contribution in [0.2, 0.25) is 0 Å². The fourth-order valence-corrected chi connectivity index (χ4v) is 2.78. The molecule has 7 nitrogen and oxygen atoms in total. The van der Waals surface area contributed by atoms with Crippen molar-refractivity contribution in [1.82, 2.24) is 10.2 Å². The highest BCUT2D eigenvalue weighted by Crippen LogP contribution is 2.18. The Balaban J connectivity index is 2.23. The second-order valence-electron chi connectivity index (χ2n) is 4.91. The third-order valence-electron chi connectivity index (χ3n) is 3.30. The molecule has 1 fully saturated rings. The standard InChI is InChI=1S/C13H22N2O5S/c16-7-1-4-14-13(20)10-2-5-15(6-3-10)11(17)8-21-9-12(18)19/h10,16H,1-9H2,(H,14,20)(H,18,19). The summed E-state index contributed by atoms with van der Waals surface area (Å²) in [6.07, 6.45) is 1.80. The maximum atomic E-state index is 11.9. The molecule has 0 unspecified atom stereocenters. The Kier molecular flexibility index (Phi) is 8.14. The van der Waals surface area contributed by atoms with Crippen molar-refractivity contribution in [2.75, 3.05) is 37.7 Å². The smallest absolute Gasteiger partial charge is 0.313 e. The van der Waals surface area contributed by atoms with Crippen LogP contribution in [0.1, 0.15) is 19.3 Å². The lowest BCUT2D eigenvalue weighted by atomic mass is 9.96. The second-order valence-corrected chi connectivity index (χ2v) is 5.90. The molecular formula is C13H22N2O5S. The minimum Gasteiger partial charge on any atom is -0.481 e. The van der Waals surface area contributed by atoms with E-state index in [1.165, 1.54) is 0 Å². The number of nitrogens with zero attached hydrogens (tertiary/aromatic N) is 1. The Hall–Kier alpha value is -1.28. The maximum absolute atomic E-state index is 11.9. The van der Waals surface area contributed by atoms with Crippen molar-refractivity contribution in [3.05, 3.63) is 0 Å². The minimum absolute atomic E-state index is 0.0178. The van der Waals surface area contributed by atoms with E-state index >= 15 is 0 Å². The van der Waals surface area contributed by atoms with Gasteiger partial charge < -0.3 is 20.4 Å². The first kappa shape index (κ1) is 17.8. The van der Waals surface area contributed by atoms with E-state index in [-0.39, 0.29) is 35.8 Å². The van der Waals surface area contributed by atoms with Gasteiger partial charge in [0.25, 0.3) is 0 Å². The first-order valence-corrected chi connectivity index (χ1v) is 8.16. The van der Waals surface area contributed by atoms with Gasteiger partial charge in [-0.2, -0.15) is 0 Å². The van der Waals surface area contributed by atoms with Gasteiger partial charge in [0, 0.05) is 32.2 Å². The number of likely N-dealkylation sites (tertiary alicyclic amines) is 1. The largest absolute Gasteiger partial charge is 0.481 e. The number of nitrogens with one attached hydrogen (secondary N) is 1. The average Bonchev–Trinajstić information content (AvgIpc) is 2.47. The van der Waals surface area contributed by atoms with E-state index in [9.17, 15) is 14.4 Å². The van der Waals surface area contributed by atoms with E-state index in [4.69, 9.17) is 10.2 Å². The van der Waals surface area contributed by atoms with Gasteiger partial charge in [-0.15, -0.1) is 11.8 Å². The van der Waals surface area contributed by atoms with Gasteiger partial charge in [-0.05, 0) is 19.3 Å². The zero-order valence-corrected chi connectivity index (χ0v) is 12.7. The van der Waals surface area contributed by atoms with Crippen molar-refractivity contribution in [2.24, 2.45) is 5.92 Å². The lowest BCUT2D eigenvalue weighted by Gasteiger charge is -2.31. The summed E-state index contributed by atoms with van der Waals surface area (Å²) in [6.45, 7) is 1.59. The molecule has 1 saturated heterocycles. The van der Waals surface area contributed by atoms with Crippen molar-refractivity contribution >= 4 is 29.5 Å². The molecule has 1 aliphatic heterocycles. The van der Waals surface area contributed by atoms with E-state index < -0.39 is 5.97 Å². The van der Waals surface area contributed by atoms with E-state index in [0.29, 0.717) is 38.9 Å². The topological polar surface area (TPSA) is 107 Å². The van der Waals surface area contributed by atoms with Crippen LogP contribution in [0, 0.1) is 5.92 Å². The Morgan fingerprint density at radius 3 is 2.43 bits per heavy atom. The van der Waals surface area contributed by atoms with E-state index in [2.05, 4.69) is 5.32 Å². The molecule has 0 aromatic carbocycles. The van der Waals surface area contributed by atoms with Gasteiger partial charge in [0.05, 0.1) is 11.5 Å². The average molecular weight is 318 g/mol. The zero-order valence-electron chi connectivity index (χ0n) is 11.9. The van der Waals surface area contributed by atoms with Crippen LogP contribution in [-0.4, -0.2) is 70.6 Å². The van der Waals surface area contributed by atoms with Crippen LogP contribution in [0.15, 0.2) is 0 Å². The van der Waals surface area contributed by atoms with Crippen LogP contribution in [0.5, 0.6) is 0 Å². The van der Waals surface area contributed by atoms with E-state index in [1.807, 2.05) is 0 Å². The monoisotopic (exact) mass is 318 g/mol. The quantitative estimate of drug-likeness (QED) is 0.523. The Morgan fingerprint density at radius 1 is 1.19 bits per heavy atom. The van der Waals surface area contributed by atoms with Crippen molar-refractivity contribution in [3.63, 3.8) is 0 Å². The normalized spacial score (nSPS) is 15.8. The molecule has 3 N–H and O–H groups in total. The molecule has 0 bridgehead atoms. The number of carbonyl (C=O) groups is 3. The van der Waals surface area contributed by atoms with Crippen molar-refractivity contribution < 1.29 is 24.6 Å². The van der Waals surface area contributed by atoms with Gasteiger partial charge in [-0.3, -0.25) is 14.4 Å². The number of aliphatic hydroxyl groups excluding tert-OH is 1. The first-order valence-electron chi connectivity index (χ1n) is 7.00. The number of piperidine rings is 1. The number of rotatable bonds is 8. The molecule has 0 atom stereocenters. The van der Waals surface area contributed by atoms with Crippen molar-refractivity contribution in [2.45, 2.75) is 19.3 Å². The summed E-state index contributed by atoms with van der Waals surface area (Å²) in [6, 6.07) is 0. The highest BCUT2D eigenvalue weighted by molar-refractivity contribution is 8.00. The van der Waals surface area contributed by atoms with Crippen LogP contribution >= 0.6 is 11.8 Å². The van der Waals surface area contributed by atoms with Crippen molar-refractivity contribution in [1.29, 1.82) is 0 Å². The number of amides is 2. The number of hydrogen-bond acceptors (Lipinski definition) is 5. The fraction of sp³-hybridized carbons (Fsp3) is 0.769. The van der Waals surface area contributed by atoms with Gasteiger partial charge in [0.1, 0.15) is 0 Å². The predicted octanol–water partition coefficient (Wildman–Crippen LogP) is -0.459. The summed E-state index contributed by atoms with van der Waals surface area (Å²) in [5, 5.41) is 19.9. The first-order chi connectivity index (χ1) is 10.0. The van der Waals surface area contributed by atoms with Gasteiger partial charge in [-0.25, -0.2) is 0 Å². The van der Waals surface area contributed by atoms with Gasteiger partial charge in [0.2, 0.25) is 11.8 Å². The molecule has 8 heteroatoms. The third kappa shape index (κ3) is 6.81. The van der Waals surface area contributed by atoms with Crippen LogP contribution in [-0.2, 0) is 14.4 Å². The minimum atomic E-state index is -0.925. The molecule has 1 aliphatic rings. The van der Waals surface area contributed by atoms with Gasteiger partial charge in [0.15, 0.2) is 0 Å². The number of carboxylic acid groups (broad SMARTS) is 1. The SMILES string of the molecule is O=C(O)CSCC(=O)N1CCC(C(=O)NCCCO)CC1. The van der Waals surface area contributed by atoms with Crippen LogP contribution in [0.4, 0.5) is 0 Å².